The van der Waals surface area contributed by atoms with Crippen molar-refractivity contribution in [3.63, 3.8) is 0 Å². The summed E-state index contributed by atoms with van der Waals surface area (Å²) in [5, 5.41) is 16.2. The summed E-state index contributed by atoms with van der Waals surface area (Å²) in [6, 6.07) is 2.92. The van der Waals surface area contributed by atoms with Gasteiger partial charge in [0.2, 0.25) is 0 Å². The number of alkyl halides is 12. The summed E-state index contributed by atoms with van der Waals surface area (Å²) in [5.41, 5.74) is -15.8. The smallest absolute Gasteiger partial charge is 0.369 e. The molecule has 0 saturated carbocycles. The number of hydrogen-bond donors (Lipinski definition) is 2. The van der Waals surface area contributed by atoms with E-state index >= 15 is 0 Å². The molecule has 0 aliphatic carbocycles. The van der Waals surface area contributed by atoms with E-state index in [1.54, 1.807) is 0 Å². The monoisotopic (exact) mass is 521 g/mol. The van der Waals surface area contributed by atoms with E-state index < -0.39 is 66.1 Å². The molecular formula is C18H12F12O2P+. The van der Waals surface area contributed by atoms with Crippen LogP contribution >= 0.6 is 8.47 Å². The summed E-state index contributed by atoms with van der Waals surface area (Å²) in [4.78, 5) is 0. The van der Waals surface area contributed by atoms with Crippen molar-refractivity contribution in [2.24, 2.45) is 0 Å². The van der Waals surface area contributed by atoms with Gasteiger partial charge in [-0.25, -0.2) is 0 Å². The third-order valence-electron chi connectivity index (χ3n) is 4.47. The highest BCUT2D eigenvalue weighted by molar-refractivity contribution is 7.55. The van der Waals surface area contributed by atoms with E-state index in [1.165, 1.54) is 0 Å². The van der Waals surface area contributed by atoms with Crippen LogP contribution in [0.15, 0.2) is 48.5 Å². The van der Waals surface area contributed by atoms with E-state index in [4.69, 9.17) is 2.56 Å². The first-order valence-electron chi connectivity index (χ1n) is 9.21. The summed E-state index contributed by atoms with van der Waals surface area (Å²) < 4.78 is 177. The predicted octanol–water partition coefficient (Wildman–Crippen LogP) is 4.67. The van der Waals surface area contributed by atoms with Crippen LogP contribution in [0.2, 0.25) is 0 Å². The van der Waals surface area contributed by atoms with Gasteiger partial charge < -0.3 is 10.2 Å². The molecule has 0 bridgehead atoms. The number of rotatable bonds is 4. The molecule has 2 rings (SSSR count). The second-order valence-corrected chi connectivity index (χ2v) is 7.75. The van der Waals surface area contributed by atoms with E-state index in [1.807, 2.05) is 0 Å². The van der Waals surface area contributed by atoms with Crippen LogP contribution in [0.5, 0.6) is 0 Å². The minimum Gasteiger partial charge on any atom is -0.369 e. The molecule has 2 aromatic rings. The summed E-state index contributed by atoms with van der Waals surface area (Å²) in [6.07, 6.45) is -26.1. The molecule has 0 atom stereocenters. The van der Waals surface area contributed by atoms with Crippen LogP contribution in [0.4, 0.5) is 52.7 Å². The zero-order valence-electron chi connectivity index (χ0n) is 17.5. The van der Waals surface area contributed by atoms with Crippen LogP contribution in [0.25, 0.3) is 0 Å². The van der Waals surface area contributed by atoms with Crippen LogP contribution in [-0.4, -0.2) is 37.5 Å². The first-order valence-corrected chi connectivity index (χ1v) is 9.21. The Labute approximate surface area is 181 Å². The minimum absolute atomic E-state index is 0.00350. The molecule has 0 spiro atoms. The predicted molar refractivity (Wildman–Crippen MR) is 93.9 cm³/mol. The van der Waals surface area contributed by atoms with Crippen molar-refractivity contribution < 1.29 is 62.9 Å². The maximum Gasteiger partial charge on any atom is 0.430 e. The molecule has 0 heterocycles. The topological polar surface area (TPSA) is 40.5 Å². The van der Waals surface area contributed by atoms with Gasteiger partial charge in [0.15, 0.2) is 0 Å². The summed E-state index contributed by atoms with van der Waals surface area (Å²) >= 11 is 0. The van der Waals surface area contributed by atoms with Gasteiger partial charge in [0.1, 0.15) is 10.6 Å². The average Bonchev–Trinajstić information content (AvgIpc) is 2.69. The Bertz CT molecular complexity index is 965. The van der Waals surface area contributed by atoms with Crippen molar-refractivity contribution in [2.75, 3.05) is 0 Å². The summed E-state index contributed by atoms with van der Waals surface area (Å²) in [5.74, 6) is 0. The lowest BCUT2D eigenvalue weighted by Crippen LogP contribution is -2.56. The van der Waals surface area contributed by atoms with E-state index in [-0.39, 0.29) is 24.3 Å². The maximum atomic E-state index is 13.4. The van der Waals surface area contributed by atoms with E-state index in [9.17, 15) is 62.9 Å². The zero-order valence-corrected chi connectivity index (χ0v) is 16.4. The largest absolute Gasteiger partial charge is 0.430 e. The normalized spacial score (nSPS) is 15.8. The molecule has 0 aliphatic rings. The van der Waals surface area contributed by atoms with Crippen molar-refractivity contribution in [3.05, 3.63) is 59.7 Å². The summed E-state index contributed by atoms with van der Waals surface area (Å²) in [7, 11) is -5.51. The van der Waals surface area contributed by atoms with Gasteiger partial charge in [-0.1, -0.05) is 36.4 Å². The number of hydrogen-bond acceptors (Lipinski definition) is 2. The minimum atomic E-state index is -6.53. The van der Waals surface area contributed by atoms with E-state index in [2.05, 4.69) is 0 Å². The molecule has 33 heavy (non-hydrogen) atoms. The van der Waals surface area contributed by atoms with Gasteiger partial charge in [-0.3, -0.25) is 0 Å². The molecule has 0 aliphatic heterocycles. The highest BCUT2D eigenvalue weighted by atomic mass is 31.1. The van der Waals surface area contributed by atoms with Crippen LogP contribution in [0.1, 0.15) is 11.1 Å². The highest BCUT2D eigenvalue weighted by Crippen LogP contribution is 2.52. The molecule has 2 nitrogen and oxygen atoms in total. The third-order valence-corrected chi connectivity index (χ3v) is 5.73. The number of halogens is 12. The van der Waals surface area contributed by atoms with Gasteiger partial charge >= 0.3 is 24.7 Å². The molecular weight excluding hydrogens is 507 g/mol. The zero-order chi connectivity index (χ0) is 27.5. The van der Waals surface area contributed by atoms with Gasteiger partial charge in [-0.05, 0) is 12.1 Å². The first kappa shape index (κ1) is 24.1. The molecule has 2 N–H and O–H groups in total. The Kier molecular flexibility index (Phi) is 6.07. The van der Waals surface area contributed by atoms with Crippen LogP contribution in [-0.2, 0) is 11.2 Å². The molecule has 184 valence electrons. The molecule has 0 aromatic heterocycles. The lowest BCUT2D eigenvalue weighted by Gasteiger charge is -2.34. The second kappa shape index (κ2) is 8.31. The number of aliphatic hydroxyl groups is 2. The molecule has 0 fully saturated rings. The maximum absolute atomic E-state index is 13.4. The third kappa shape index (κ3) is 4.52. The van der Waals surface area contributed by atoms with Gasteiger partial charge in [0, 0.05) is 11.1 Å². The lowest BCUT2D eigenvalue weighted by atomic mass is 9.92. The summed E-state index contributed by atoms with van der Waals surface area (Å²) in [6.45, 7) is 0. The van der Waals surface area contributed by atoms with Gasteiger partial charge in [0.05, 0.1) is 8.47 Å². The molecule has 0 amide bonds. The van der Waals surface area contributed by atoms with Crippen LogP contribution in [0, 0.1) is 0 Å². The van der Waals surface area contributed by atoms with Crippen molar-refractivity contribution in [3.8, 4) is 0 Å². The molecule has 2 aromatic carbocycles. The Hall–Kier alpha value is -2.05. The first-order chi connectivity index (χ1) is 15.5. The SMILES string of the molecule is [2H][P+]([2H])(c1ccccc1C(O)(C(F)(F)F)C(F)(F)F)c1ccccc1C(O)(C(F)(F)F)C(F)(F)F. The van der Waals surface area contributed by atoms with Crippen molar-refractivity contribution >= 4 is 19.1 Å². The second-order valence-electron chi connectivity index (χ2n) is 6.56. The van der Waals surface area contributed by atoms with Crippen LogP contribution < -0.4 is 10.6 Å². The van der Waals surface area contributed by atoms with Gasteiger partial charge in [-0.2, -0.15) is 52.7 Å². The van der Waals surface area contributed by atoms with E-state index in [0.717, 1.165) is 0 Å². The van der Waals surface area contributed by atoms with Crippen molar-refractivity contribution in [1.29, 1.82) is 2.56 Å². The fourth-order valence-corrected chi connectivity index (χ4v) is 4.11. The molecule has 0 saturated heterocycles. The Morgan fingerprint density at radius 2 is 0.758 bits per heavy atom. The molecule has 0 unspecified atom stereocenters. The highest BCUT2D eigenvalue weighted by Gasteiger charge is 2.74. The Balaban J connectivity index is 2.99. The number of benzene rings is 2. The van der Waals surface area contributed by atoms with Gasteiger partial charge in [0.25, 0.3) is 13.8 Å². The fraction of sp³-hybridized carbons (Fsp3) is 0.333. The lowest BCUT2D eigenvalue weighted by molar-refractivity contribution is -0.376. The Morgan fingerprint density at radius 1 is 0.515 bits per heavy atom. The van der Waals surface area contributed by atoms with Crippen LogP contribution in [0.3, 0.4) is 0 Å². The molecule has 15 heteroatoms. The quantitative estimate of drug-likeness (QED) is 0.454. The molecule has 0 radical (unpaired) electrons. The van der Waals surface area contributed by atoms with Gasteiger partial charge in [-0.15, -0.1) is 0 Å². The van der Waals surface area contributed by atoms with Crippen molar-refractivity contribution in [1.82, 2.24) is 0 Å². The van der Waals surface area contributed by atoms with Crippen molar-refractivity contribution in [2.45, 2.75) is 35.9 Å². The standard InChI is InChI=1S/C18H11F12O2P/c19-15(20,21)13(31,16(22,23)24)9-5-1-3-7-11(9)33-12-8-4-2-6-10(12)14(32,17(25,26)27)18(28,29)30/h1-8,31-33H/p+1/i33D/hD. The van der Waals surface area contributed by atoms with E-state index in [0.29, 0.717) is 24.3 Å². The Morgan fingerprint density at radius 3 is 1.00 bits per heavy atom. The average molecular weight is 521 g/mol. The fourth-order valence-electron chi connectivity index (χ4n) is 2.82.